The zero-order chi connectivity index (χ0) is 10.5. The van der Waals surface area contributed by atoms with Crippen LogP contribution in [0.2, 0.25) is 0 Å². The van der Waals surface area contributed by atoms with Crippen molar-refractivity contribution in [2.24, 2.45) is 17.3 Å². The van der Waals surface area contributed by atoms with Gasteiger partial charge in [-0.1, -0.05) is 18.6 Å². The highest BCUT2D eigenvalue weighted by Gasteiger charge is 2.50. The number of allylic oxidation sites excluding steroid dienone is 2. The minimum atomic E-state index is -0.801. The molecule has 0 unspecified atom stereocenters. The molecule has 0 aliphatic heterocycles. The second-order valence-electron chi connectivity index (χ2n) is 5.16. The Bertz CT molecular complexity index is 303. The van der Waals surface area contributed by atoms with E-state index in [-0.39, 0.29) is 17.1 Å². The Morgan fingerprint density at radius 2 is 2.36 bits per heavy atom. The average Bonchev–Trinajstić information content (AvgIpc) is 2.54. The van der Waals surface area contributed by atoms with Gasteiger partial charge in [0.25, 0.3) is 0 Å². The third-order valence-corrected chi connectivity index (χ3v) is 3.96. The highest BCUT2D eigenvalue weighted by molar-refractivity contribution is 5.86. The molecule has 0 aromatic rings. The first-order valence-corrected chi connectivity index (χ1v) is 5.35. The van der Waals surface area contributed by atoms with Crippen molar-refractivity contribution in [3.05, 3.63) is 11.6 Å². The highest BCUT2D eigenvalue weighted by atomic mass is 16.3. The van der Waals surface area contributed by atoms with Crippen LogP contribution < -0.4 is 0 Å². The van der Waals surface area contributed by atoms with Gasteiger partial charge in [-0.2, -0.15) is 0 Å². The van der Waals surface area contributed by atoms with Gasteiger partial charge in [0.15, 0.2) is 5.78 Å². The zero-order valence-corrected chi connectivity index (χ0v) is 9.08. The molecule has 2 aliphatic carbocycles. The average molecular weight is 194 g/mol. The topological polar surface area (TPSA) is 37.3 Å². The Hall–Kier alpha value is -0.630. The number of carbonyl (C=O) groups is 1. The van der Waals surface area contributed by atoms with Gasteiger partial charge in [-0.05, 0) is 38.0 Å². The smallest absolute Gasteiger partial charge is 0.164 e. The molecule has 0 saturated heterocycles. The fraction of sp³-hybridized carbons (Fsp3) is 0.750. The largest absolute Gasteiger partial charge is 0.386 e. The Morgan fingerprint density at radius 1 is 1.71 bits per heavy atom. The lowest BCUT2D eigenvalue weighted by Gasteiger charge is -2.28. The van der Waals surface area contributed by atoms with E-state index in [1.165, 1.54) is 5.57 Å². The number of hydrogen-bond donors (Lipinski definition) is 1. The van der Waals surface area contributed by atoms with Gasteiger partial charge in [0.05, 0.1) is 0 Å². The molecule has 0 aromatic heterocycles. The van der Waals surface area contributed by atoms with E-state index < -0.39 is 6.10 Å². The zero-order valence-electron chi connectivity index (χ0n) is 9.08. The molecule has 0 aromatic carbocycles. The van der Waals surface area contributed by atoms with Crippen LogP contribution in [0.1, 0.15) is 33.6 Å². The fourth-order valence-electron chi connectivity index (χ4n) is 3.19. The third-order valence-electron chi connectivity index (χ3n) is 3.96. The quantitative estimate of drug-likeness (QED) is 0.682. The van der Waals surface area contributed by atoms with E-state index in [0.717, 1.165) is 12.8 Å². The molecule has 1 fully saturated rings. The third kappa shape index (κ3) is 1.24. The minimum Gasteiger partial charge on any atom is -0.386 e. The second kappa shape index (κ2) is 2.93. The SMILES string of the molecule is CC1=C[C@@]2(C)C[C@@H]1C[C@@H]2C(=O)[C@H](C)O. The van der Waals surface area contributed by atoms with E-state index in [2.05, 4.69) is 19.9 Å². The van der Waals surface area contributed by atoms with Crippen LogP contribution >= 0.6 is 0 Å². The Morgan fingerprint density at radius 3 is 2.71 bits per heavy atom. The van der Waals surface area contributed by atoms with E-state index in [9.17, 15) is 9.90 Å². The lowest BCUT2D eigenvalue weighted by molar-refractivity contribution is -0.132. The van der Waals surface area contributed by atoms with Gasteiger partial charge in [-0.3, -0.25) is 4.79 Å². The molecule has 78 valence electrons. The number of hydrogen-bond acceptors (Lipinski definition) is 2. The number of ketones is 1. The van der Waals surface area contributed by atoms with Gasteiger partial charge in [0, 0.05) is 5.92 Å². The molecule has 0 spiro atoms. The Kier molecular flexibility index (Phi) is 2.07. The van der Waals surface area contributed by atoms with Gasteiger partial charge in [0.2, 0.25) is 0 Å². The molecule has 2 nitrogen and oxygen atoms in total. The molecule has 1 saturated carbocycles. The number of Topliss-reactive ketones (excluding diaryl/α,β-unsaturated/α-hetero) is 1. The summed E-state index contributed by atoms with van der Waals surface area (Å²) in [5, 5.41) is 9.32. The molecule has 0 radical (unpaired) electrons. The van der Waals surface area contributed by atoms with Crippen LogP contribution in [-0.2, 0) is 4.79 Å². The Labute approximate surface area is 85.0 Å². The first kappa shape index (κ1) is 9.91. The van der Waals surface area contributed by atoms with Crippen LogP contribution in [0.25, 0.3) is 0 Å². The number of aliphatic hydroxyl groups is 1. The molecule has 0 heterocycles. The van der Waals surface area contributed by atoms with Crippen molar-refractivity contribution in [2.45, 2.75) is 39.7 Å². The lowest BCUT2D eigenvalue weighted by Crippen LogP contribution is -2.33. The summed E-state index contributed by atoms with van der Waals surface area (Å²) in [7, 11) is 0. The first-order chi connectivity index (χ1) is 6.44. The summed E-state index contributed by atoms with van der Waals surface area (Å²) >= 11 is 0. The maximum absolute atomic E-state index is 11.8. The molecule has 0 amide bonds. The van der Waals surface area contributed by atoms with Crippen molar-refractivity contribution in [2.75, 3.05) is 0 Å². The molecule has 14 heavy (non-hydrogen) atoms. The maximum atomic E-state index is 11.8. The highest BCUT2D eigenvalue weighted by Crippen LogP contribution is 2.56. The summed E-state index contributed by atoms with van der Waals surface area (Å²) in [6.45, 7) is 5.88. The van der Waals surface area contributed by atoms with Crippen LogP contribution in [0.5, 0.6) is 0 Å². The van der Waals surface area contributed by atoms with Crippen LogP contribution in [0, 0.1) is 17.3 Å². The maximum Gasteiger partial charge on any atom is 0.164 e. The lowest BCUT2D eigenvalue weighted by atomic mass is 9.75. The first-order valence-electron chi connectivity index (χ1n) is 5.35. The van der Waals surface area contributed by atoms with E-state index in [0.29, 0.717) is 5.92 Å². The van der Waals surface area contributed by atoms with Crippen LogP contribution in [0.15, 0.2) is 11.6 Å². The van der Waals surface area contributed by atoms with Crippen molar-refractivity contribution in [3.63, 3.8) is 0 Å². The van der Waals surface area contributed by atoms with Crippen LogP contribution in [0.4, 0.5) is 0 Å². The van der Waals surface area contributed by atoms with Crippen LogP contribution in [-0.4, -0.2) is 17.0 Å². The van der Waals surface area contributed by atoms with Crippen molar-refractivity contribution in [1.29, 1.82) is 0 Å². The molecule has 2 rings (SSSR count). The molecular formula is C12H18O2. The number of aliphatic hydroxyl groups excluding tert-OH is 1. The van der Waals surface area contributed by atoms with Gasteiger partial charge in [-0.15, -0.1) is 0 Å². The molecule has 2 bridgehead atoms. The normalized spacial score (nSPS) is 42.4. The molecular weight excluding hydrogens is 176 g/mol. The molecule has 2 heteroatoms. The van der Waals surface area contributed by atoms with Gasteiger partial charge >= 0.3 is 0 Å². The predicted octanol–water partition coefficient (Wildman–Crippen LogP) is 1.93. The summed E-state index contributed by atoms with van der Waals surface area (Å²) in [6, 6.07) is 0. The fourth-order valence-corrected chi connectivity index (χ4v) is 3.19. The van der Waals surface area contributed by atoms with Gasteiger partial charge < -0.3 is 5.11 Å². The van der Waals surface area contributed by atoms with E-state index in [4.69, 9.17) is 0 Å². The molecule has 1 N–H and O–H groups in total. The van der Waals surface area contributed by atoms with E-state index in [1.807, 2.05) is 0 Å². The predicted molar refractivity (Wildman–Crippen MR) is 54.8 cm³/mol. The monoisotopic (exact) mass is 194 g/mol. The van der Waals surface area contributed by atoms with Crippen molar-refractivity contribution in [1.82, 2.24) is 0 Å². The number of carbonyl (C=O) groups excluding carboxylic acids is 1. The van der Waals surface area contributed by atoms with Crippen LogP contribution in [0.3, 0.4) is 0 Å². The molecule has 2 aliphatic rings. The second-order valence-corrected chi connectivity index (χ2v) is 5.16. The number of fused-ring (bicyclic) bond motifs is 2. The summed E-state index contributed by atoms with van der Waals surface area (Å²) in [6.07, 6.45) is 3.49. The summed E-state index contributed by atoms with van der Waals surface area (Å²) < 4.78 is 0. The standard InChI is InChI=1S/C12H18O2/c1-7-5-12(3)6-9(7)4-10(12)11(14)8(2)13/h5,8-10,13H,4,6H2,1-3H3/t8-,9-,10+,12-/m0/s1. The Balaban J connectivity index is 2.23. The van der Waals surface area contributed by atoms with E-state index in [1.54, 1.807) is 6.92 Å². The van der Waals surface area contributed by atoms with Crippen molar-refractivity contribution >= 4 is 5.78 Å². The molecule has 4 atom stereocenters. The van der Waals surface area contributed by atoms with E-state index >= 15 is 0 Å². The number of rotatable bonds is 2. The minimum absolute atomic E-state index is 0.0266. The van der Waals surface area contributed by atoms with Crippen molar-refractivity contribution < 1.29 is 9.90 Å². The summed E-state index contributed by atoms with van der Waals surface area (Å²) in [4.78, 5) is 11.8. The summed E-state index contributed by atoms with van der Waals surface area (Å²) in [5.41, 5.74) is 1.46. The van der Waals surface area contributed by atoms with Gasteiger partial charge in [-0.25, -0.2) is 0 Å². The summed E-state index contributed by atoms with van der Waals surface area (Å²) in [5.74, 6) is 0.669. The van der Waals surface area contributed by atoms with Gasteiger partial charge in [0.1, 0.15) is 6.10 Å². The van der Waals surface area contributed by atoms with Crippen molar-refractivity contribution in [3.8, 4) is 0 Å².